The number of methoxy groups -OCH3 is 1. The van der Waals surface area contributed by atoms with E-state index in [4.69, 9.17) is 4.74 Å². The molecular formula is C11H23NO2. The highest BCUT2D eigenvalue weighted by molar-refractivity contribution is 5.80. The highest BCUT2D eigenvalue weighted by Crippen LogP contribution is 2.05. The topological polar surface area (TPSA) is 38.3 Å². The number of ether oxygens (including phenoxy) is 1. The van der Waals surface area contributed by atoms with Crippen molar-refractivity contribution in [3.05, 3.63) is 0 Å². The first-order valence-corrected chi connectivity index (χ1v) is 5.38. The van der Waals surface area contributed by atoms with Gasteiger partial charge in [-0.1, -0.05) is 20.3 Å². The van der Waals surface area contributed by atoms with Crippen LogP contribution in [0.25, 0.3) is 0 Å². The molecule has 0 aliphatic rings. The zero-order chi connectivity index (χ0) is 10.8. The van der Waals surface area contributed by atoms with Gasteiger partial charge in [-0.3, -0.25) is 4.79 Å². The van der Waals surface area contributed by atoms with E-state index in [1.807, 2.05) is 0 Å². The van der Waals surface area contributed by atoms with Crippen LogP contribution < -0.4 is 5.32 Å². The molecule has 0 rings (SSSR count). The minimum Gasteiger partial charge on any atom is -0.383 e. The maximum absolute atomic E-state index is 11.3. The second-order valence-corrected chi connectivity index (χ2v) is 3.99. The molecule has 0 aliphatic carbocycles. The Morgan fingerprint density at radius 3 is 2.71 bits per heavy atom. The van der Waals surface area contributed by atoms with Crippen molar-refractivity contribution in [2.45, 2.75) is 33.1 Å². The summed E-state index contributed by atoms with van der Waals surface area (Å²) in [6.07, 6.45) is 2.87. The summed E-state index contributed by atoms with van der Waals surface area (Å²) in [6, 6.07) is 0. The Balaban J connectivity index is 3.20. The van der Waals surface area contributed by atoms with E-state index in [0.717, 1.165) is 19.4 Å². The molecular weight excluding hydrogens is 178 g/mol. The molecule has 0 amide bonds. The molecule has 1 N–H and O–H groups in total. The van der Waals surface area contributed by atoms with E-state index in [1.54, 1.807) is 7.11 Å². The third-order valence-corrected chi connectivity index (χ3v) is 2.04. The van der Waals surface area contributed by atoms with Crippen LogP contribution in [0.15, 0.2) is 0 Å². The monoisotopic (exact) mass is 201 g/mol. The van der Waals surface area contributed by atoms with E-state index in [-0.39, 0.29) is 0 Å². The molecule has 0 atom stereocenters. The van der Waals surface area contributed by atoms with Crippen molar-refractivity contribution in [3.8, 4) is 0 Å². The summed E-state index contributed by atoms with van der Waals surface area (Å²) < 4.78 is 4.86. The Morgan fingerprint density at radius 2 is 2.14 bits per heavy atom. The largest absolute Gasteiger partial charge is 0.383 e. The van der Waals surface area contributed by atoms with Gasteiger partial charge >= 0.3 is 0 Å². The van der Waals surface area contributed by atoms with Crippen molar-refractivity contribution < 1.29 is 9.53 Å². The van der Waals surface area contributed by atoms with Crippen LogP contribution in [0.2, 0.25) is 0 Å². The van der Waals surface area contributed by atoms with Gasteiger partial charge in [0.15, 0.2) is 0 Å². The molecule has 0 unspecified atom stereocenters. The lowest BCUT2D eigenvalue weighted by molar-refractivity contribution is -0.118. The summed E-state index contributed by atoms with van der Waals surface area (Å²) in [4.78, 5) is 11.3. The minimum absolute atomic E-state index is 0.307. The van der Waals surface area contributed by atoms with E-state index in [2.05, 4.69) is 19.2 Å². The molecule has 3 nitrogen and oxygen atoms in total. The Hall–Kier alpha value is -0.410. The van der Waals surface area contributed by atoms with Gasteiger partial charge in [-0.25, -0.2) is 0 Å². The first-order valence-electron chi connectivity index (χ1n) is 5.38. The average Bonchev–Trinajstić information content (AvgIpc) is 2.12. The molecule has 0 saturated heterocycles. The van der Waals surface area contributed by atoms with Gasteiger partial charge in [0.1, 0.15) is 5.78 Å². The summed E-state index contributed by atoms with van der Waals surface area (Å²) in [5.74, 6) is 1.01. The van der Waals surface area contributed by atoms with Crippen LogP contribution in [-0.2, 0) is 9.53 Å². The van der Waals surface area contributed by atoms with E-state index in [0.29, 0.717) is 31.3 Å². The lowest BCUT2D eigenvalue weighted by Gasteiger charge is -2.05. The van der Waals surface area contributed by atoms with E-state index < -0.39 is 0 Å². The van der Waals surface area contributed by atoms with Gasteiger partial charge in [0.05, 0.1) is 13.2 Å². The summed E-state index contributed by atoms with van der Waals surface area (Å²) >= 11 is 0. The van der Waals surface area contributed by atoms with E-state index in [1.165, 1.54) is 0 Å². The molecule has 3 heteroatoms. The van der Waals surface area contributed by atoms with Gasteiger partial charge < -0.3 is 10.1 Å². The lowest BCUT2D eigenvalue weighted by atomic mass is 10.1. The molecule has 0 heterocycles. The number of ketones is 1. The first kappa shape index (κ1) is 13.6. The van der Waals surface area contributed by atoms with Gasteiger partial charge in [-0.2, -0.15) is 0 Å². The van der Waals surface area contributed by atoms with Crippen molar-refractivity contribution in [3.63, 3.8) is 0 Å². The zero-order valence-corrected chi connectivity index (χ0v) is 9.64. The fourth-order valence-electron chi connectivity index (χ4n) is 1.20. The van der Waals surface area contributed by atoms with Gasteiger partial charge in [-0.05, 0) is 12.3 Å². The summed E-state index contributed by atoms with van der Waals surface area (Å²) in [7, 11) is 1.66. The van der Waals surface area contributed by atoms with Crippen LogP contribution in [-0.4, -0.2) is 32.6 Å². The molecule has 0 spiro atoms. The molecule has 0 bridgehead atoms. The van der Waals surface area contributed by atoms with Crippen LogP contribution in [0.4, 0.5) is 0 Å². The molecule has 0 saturated carbocycles. The average molecular weight is 201 g/mol. The number of Topliss-reactive ketones (excluding diaryl/α,β-unsaturated/α-hetero) is 1. The summed E-state index contributed by atoms with van der Waals surface area (Å²) in [6.45, 7) is 6.27. The standard InChI is InChI=1S/C11H23NO2/c1-10(2)5-4-6-11(13)9-12-7-8-14-3/h10,12H,4-9H2,1-3H3. The van der Waals surface area contributed by atoms with Crippen molar-refractivity contribution >= 4 is 5.78 Å². The molecule has 0 aromatic heterocycles. The molecule has 84 valence electrons. The van der Waals surface area contributed by atoms with Gasteiger partial charge in [-0.15, -0.1) is 0 Å². The number of hydrogen-bond acceptors (Lipinski definition) is 3. The number of carbonyl (C=O) groups is 1. The van der Waals surface area contributed by atoms with Crippen molar-refractivity contribution in [2.75, 3.05) is 26.8 Å². The van der Waals surface area contributed by atoms with E-state index in [9.17, 15) is 4.79 Å². The smallest absolute Gasteiger partial charge is 0.146 e. The fraction of sp³-hybridized carbons (Fsp3) is 0.909. The Labute approximate surface area is 87.2 Å². The second kappa shape index (κ2) is 9.16. The predicted molar refractivity (Wildman–Crippen MR) is 58.4 cm³/mol. The normalized spacial score (nSPS) is 10.9. The van der Waals surface area contributed by atoms with Crippen molar-refractivity contribution in [1.29, 1.82) is 0 Å². The van der Waals surface area contributed by atoms with Crippen LogP contribution in [0, 0.1) is 5.92 Å². The third kappa shape index (κ3) is 9.68. The van der Waals surface area contributed by atoms with Crippen molar-refractivity contribution in [2.24, 2.45) is 5.92 Å². The highest BCUT2D eigenvalue weighted by Gasteiger charge is 2.01. The van der Waals surface area contributed by atoms with Crippen molar-refractivity contribution in [1.82, 2.24) is 5.32 Å². The van der Waals surface area contributed by atoms with Crippen LogP contribution in [0.5, 0.6) is 0 Å². The molecule has 0 aromatic carbocycles. The highest BCUT2D eigenvalue weighted by atomic mass is 16.5. The molecule has 14 heavy (non-hydrogen) atoms. The number of rotatable bonds is 9. The number of nitrogens with one attached hydrogen (secondary N) is 1. The molecule has 0 fully saturated rings. The molecule has 0 aromatic rings. The maximum atomic E-state index is 11.3. The van der Waals surface area contributed by atoms with Crippen LogP contribution in [0.3, 0.4) is 0 Å². The van der Waals surface area contributed by atoms with Crippen LogP contribution >= 0.6 is 0 Å². The second-order valence-electron chi connectivity index (χ2n) is 3.99. The molecule has 0 aliphatic heterocycles. The molecule has 0 radical (unpaired) electrons. The SMILES string of the molecule is COCCNCC(=O)CCCC(C)C. The van der Waals surface area contributed by atoms with Crippen LogP contribution in [0.1, 0.15) is 33.1 Å². The van der Waals surface area contributed by atoms with E-state index >= 15 is 0 Å². The van der Waals surface area contributed by atoms with Gasteiger partial charge in [0, 0.05) is 20.1 Å². The fourth-order valence-corrected chi connectivity index (χ4v) is 1.20. The predicted octanol–water partition coefficient (Wildman–Crippen LogP) is 1.62. The summed E-state index contributed by atoms with van der Waals surface area (Å²) in [5.41, 5.74) is 0. The Morgan fingerprint density at radius 1 is 1.43 bits per heavy atom. The quantitative estimate of drug-likeness (QED) is 0.576. The van der Waals surface area contributed by atoms with Gasteiger partial charge in [0.2, 0.25) is 0 Å². The zero-order valence-electron chi connectivity index (χ0n) is 9.64. The number of carbonyl (C=O) groups excluding carboxylic acids is 1. The summed E-state index contributed by atoms with van der Waals surface area (Å²) in [5, 5.41) is 3.05. The van der Waals surface area contributed by atoms with Gasteiger partial charge in [0.25, 0.3) is 0 Å². The third-order valence-electron chi connectivity index (χ3n) is 2.04. The number of hydrogen-bond donors (Lipinski definition) is 1. The first-order chi connectivity index (χ1) is 6.66. The maximum Gasteiger partial charge on any atom is 0.146 e. The lowest BCUT2D eigenvalue weighted by Crippen LogP contribution is -2.26. The minimum atomic E-state index is 0.307. The Bertz CT molecular complexity index is 146. The Kier molecular flexibility index (Phi) is 8.89.